The zero-order valence-corrected chi connectivity index (χ0v) is 17.7. The Balaban J connectivity index is 1.46. The van der Waals surface area contributed by atoms with Crippen LogP contribution in [-0.4, -0.2) is 45.6 Å². The molecule has 1 fully saturated rings. The van der Waals surface area contributed by atoms with E-state index in [0.717, 1.165) is 5.56 Å². The van der Waals surface area contributed by atoms with Crippen LogP contribution in [0, 0.1) is 0 Å². The Labute approximate surface area is 176 Å². The summed E-state index contributed by atoms with van der Waals surface area (Å²) in [7, 11) is -3.84. The molecule has 0 radical (unpaired) electrons. The maximum Gasteiger partial charge on any atom is 0.321 e. The molecule has 4 rings (SSSR count). The zero-order valence-electron chi connectivity index (χ0n) is 16.9. The highest BCUT2D eigenvalue weighted by Crippen LogP contribution is 2.47. The van der Waals surface area contributed by atoms with Gasteiger partial charge in [-0.1, -0.05) is 24.3 Å². The van der Waals surface area contributed by atoms with Crippen molar-refractivity contribution in [1.82, 2.24) is 4.90 Å². The summed E-state index contributed by atoms with van der Waals surface area (Å²) in [6.07, 6.45) is 1.34. The summed E-state index contributed by atoms with van der Waals surface area (Å²) in [5.74, 6) is 0.707. The molecule has 2 aliphatic rings. The van der Waals surface area contributed by atoms with Gasteiger partial charge in [0.1, 0.15) is 5.75 Å². The van der Waals surface area contributed by atoms with Crippen LogP contribution in [0.2, 0.25) is 0 Å². The van der Waals surface area contributed by atoms with E-state index in [4.69, 9.17) is 9.88 Å². The predicted molar refractivity (Wildman–Crippen MR) is 116 cm³/mol. The molecule has 8 nitrogen and oxygen atoms in total. The second-order valence-corrected chi connectivity index (χ2v) is 9.20. The van der Waals surface area contributed by atoms with Crippen molar-refractivity contribution in [3.63, 3.8) is 0 Å². The quantitative estimate of drug-likeness (QED) is 0.778. The van der Waals surface area contributed by atoms with Crippen molar-refractivity contribution < 1.29 is 17.9 Å². The first kappa shape index (κ1) is 20.5. The number of piperidine rings is 1. The van der Waals surface area contributed by atoms with E-state index in [2.05, 4.69) is 5.32 Å². The maximum atomic E-state index is 12.8. The number of carbonyl (C=O) groups excluding carboxylic acids is 1. The lowest BCUT2D eigenvalue weighted by Gasteiger charge is -2.39. The number of urea groups is 1. The van der Waals surface area contributed by atoms with Crippen molar-refractivity contribution in [2.24, 2.45) is 5.14 Å². The molecule has 3 N–H and O–H groups in total. The van der Waals surface area contributed by atoms with E-state index in [0.29, 0.717) is 56.2 Å². The average Bonchev–Trinajstić information content (AvgIpc) is 3.04. The normalized spacial score (nSPS) is 17.7. The summed E-state index contributed by atoms with van der Waals surface area (Å²) < 4.78 is 30.9. The van der Waals surface area contributed by atoms with Crippen LogP contribution >= 0.6 is 0 Å². The van der Waals surface area contributed by atoms with E-state index in [9.17, 15) is 13.2 Å². The van der Waals surface area contributed by atoms with Crippen molar-refractivity contribution in [2.75, 3.05) is 35.9 Å². The molecule has 1 spiro atoms. The minimum atomic E-state index is -3.84. The van der Waals surface area contributed by atoms with Gasteiger partial charge in [-0.15, -0.1) is 0 Å². The molecule has 0 aromatic heterocycles. The minimum Gasteiger partial charge on any atom is -0.494 e. The number of likely N-dealkylation sites (tertiary alicyclic amines) is 1. The SMILES string of the molecule is CCOc1cccc(NC(=O)N2CCC3(CC2)CN(S(N)(=O)=O)c2ccccc23)c1. The fourth-order valence-electron chi connectivity index (χ4n) is 4.41. The lowest BCUT2D eigenvalue weighted by Crippen LogP contribution is -2.49. The first-order valence-corrected chi connectivity index (χ1v) is 11.5. The molecule has 160 valence electrons. The molecule has 0 atom stereocenters. The van der Waals surface area contributed by atoms with Gasteiger partial charge in [0.25, 0.3) is 10.2 Å². The van der Waals surface area contributed by atoms with Crippen LogP contribution in [0.3, 0.4) is 0 Å². The van der Waals surface area contributed by atoms with Gasteiger partial charge < -0.3 is 15.0 Å². The van der Waals surface area contributed by atoms with E-state index in [1.807, 2.05) is 43.3 Å². The summed E-state index contributed by atoms with van der Waals surface area (Å²) in [6.45, 7) is 3.85. The zero-order chi connectivity index (χ0) is 21.4. The third-order valence-corrected chi connectivity index (χ3v) is 6.84. The summed E-state index contributed by atoms with van der Waals surface area (Å²) in [4.78, 5) is 14.5. The average molecular weight is 431 g/mol. The molecule has 30 heavy (non-hydrogen) atoms. The molecule has 2 aromatic rings. The number of carbonyl (C=O) groups is 1. The maximum absolute atomic E-state index is 12.8. The number of benzene rings is 2. The summed E-state index contributed by atoms with van der Waals surface area (Å²) >= 11 is 0. The summed E-state index contributed by atoms with van der Waals surface area (Å²) in [6, 6.07) is 14.6. The van der Waals surface area contributed by atoms with Crippen LogP contribution < -0.4 is 19.5 Å². The minimum absolute atomic E-state index is 0.173. The molecule has 9 heteroatoms. The molecule has 2 amide bonds. The van der Waals surface area contributed by atoms with Crippen LogP contribution in [0.5, 0.6) is 5.75 Å². The number of anilines is 2. The Hall–Kier alpha value is -2.78. The standard InChI is InChI=1S/C21H26N4O4S/c1-2-29-17-7-5-6-16(14-17)23-20(26)24-12-10-21(11-13-24)15-25(30(22,27)28)19-9-4-3-8-18(19)21/h3-9,14H,2,10-13,15H2,1H3,(H,23,26)(H2,22,27,28). The van der Waals surface area contributed by atoms with Gasteiger partial charge >= 0.3 is 6.03 Å². The number of nitrogens with zero attached hydrogens (tertiary/aromatic N) is 2. The van der Waals surface area contributed by atoms with Crippen molar-refractivity contribution >= 4 is 27.6 Å². The van der Waals surface area contributed by atoms with Crippen LogP contribution in [0.1, 0.15) is 25.3 Å². The Bertz CT molecular complexity index is 1050. The number of nitrogens with two attached hydrogens (primary N) is 1. The largest absolute Gasteiger partial charge is 0.494 e. The molecule has 0 bridgehead atoms. The Kier molecular flexibility index (Phi) is 5.33. The fourth-order valence-corrected chi connectivity index (χ4v) is 5.27. The highest BCUT2D eigenvalue weighted by Gasteiger charge is 2.47. The van der Waals surface area contributed by atoms with Crippen LogP contribution in [-0.2, 0) is 15.6 Å². The van der Waals surface area contributed by atoms with Gasteiger partial charge in [-0.3, -0.25) is 4.31 Å². The monoisotopic (exact) mass is 430 g/mol. The molecule has 2 aromatic carbocycles. The smallest absolute Gasteiger partial charge is 0.321 e. The molecular formula is C21H26N4O4S. The van der Waals surface area contributed by atoms with Gasteiger partial charge in [0.15, 0.2) is 0 Å². The number of hydrogen-bond acceptors (Lipinski definition) is 4. The van der Waals surface area contributed by atoms with Crippen molar-refractivity contribution in [1.29, 1.82) is 0 Å². The van der Waals surface area contributed by atoms with E-state index in [-0.39, 0.29) is 11.4 Å². The highest BCUT2D eigenvalue weighted by molar-refractivity contribution is 7.90. The van der Waals surface area contributed by atoms with Crippen LogP contribution in [0.15, 0.2) is 48.5 Å². The van der Waals surface area contributed by atoms with Crippen LogP contribution in [0.4, 0.5) is 16.2 Å². The molecule has 1 saturated heterocycles. The number of para-hydroxylation sites is 1. The van der Waals surface area contributed by atoms with E-state index >= 15 is 0 Å². The molecule has 0 unspecified atom stereocenters. The Morgan fingerprint density at radius 1 is 1.17 bits per heavy atom. The first-order valence-electron chi connectivity index (χ1n) is 10.0. The number of nitrogens with one attached hydrogen (secondary N) is 1. The van der Waals surface area contributed by atoms with E-state index < -0.39 is 10.2 Å². The van der Waals surface area contributed by atoms with E-state index in [1.54, 1.807) is 17.0 Å². The van der Waals surface area contributed by atoms with Crippen LogP contribution in [0.25, 0.3) is 0 Å². The van der Waals surface area contributed by atoms with E-state index in [1.165, 1.54) is 4.31 Å². The van der Waals surface area contributed by atoms with Gasteiger partial charge in [0.05, 0.1) is 12.3 Å². The van der Waals surface area contributed by atoms with Gasteiger partial charge in [0.2, 0.25) is 0 Å². The summed E-state index contributed by atoms with van der Waals surface area (Å²) in [5, 5.41) is 8.38. The number of ether oxygens (including phenoxy) is 1. The number of rotatable bonds is 4. The Morgan fingerprint density at radius 2 is 1.90 bits per heavy atom. The molecular weight excluding hydrogens is 404 g/mol. The summed E-state index contributed by atoms with van der Waals surface area (Å²) in [5.41, 5.74) is 1.99. The topological polar surface area (TPSA) is 105 Å². The van der Waals surface area contributed by atoms with Crippen molar-refractivity contribution in [3.8, 4) is 5.75 Å². The first-order chi connectivity index (χ1) is 14.3. The number of fused-ring (bicyclic) bond motifs is 2. The lowest BCUT2D eigenvalue weighted by atomic mass is 9.74. The molecule has 0 aliphatic carbocycles. The molecule has 0 saturated carbocycles. The number of amides is 2. The Morgan fingerprint density at radius 3 is 2.60 bits per heavy atom. The van der Waals surface area contributed by atoms with Gasteiger partial charge in [-0.05, 0) is 43.5 Å². The fraction of sp³-hybridized carbons (Fsp3) is 0.381. The molecule has 2 aliphatic heterocycles. The lowest BCUT2D eigenvalue weighted by molar-refractivity contribution is 0.173. The predicted octanol–water partition coefficient (Wildman–Crippen LogP) is 2.67. The second kappa shape index (κ2) is 7.81. The van der Waals surface area contributed by atoms with Gasteiger partial charge in [-0.2, -0.15) is 8.42 Å². The van der Waals surface area contributed by atoms with Crippen molar-refractivity contribution in [2.45, 2.75) is 25.2 Å². The van der Waals surface area contributed by atoms with Gasteiger partial charge in [-0.25, -0.2) is 9.93 Å². The van der Waals surface area contributed by atoms with Crippen molar-refractivity contribution in [3.05, 3.63) is 54.1 Å². The third-order valence-electron chi connectivity index (χ3n) is 5.90. The highest BCUT2D eigenvalue weighted by atomic mass is 32.2. The molecule has 2 heterocycles. The van der Waals surface area contributed by atoms with Gasteiger partial charge in [0, 0.05) is 36.8 Å². The number of hydrogen-bond donors (Lipinski definition) is 2. The third kappa shape index (κ3) is 3.82. The second-order valence-electron chi connectivity index (χ2n) is 7.73.